The molecule has 4 heteroatoms. The van der Waals surface area contributed by atoms with Gasteiger partial charge >= 0.3 is 0 Å². The van der Waals surface area contributed by atoms with E-state index in [1.54, 1.807) is 0 Å². The average Bonchev–Trinajstić information content (AvgIpc) is 2.17. The van der Waals surface area contributed by atoms with Crippen LogP contribution in [0.1, 0.15) is 19.8 Å². The molecule has 1 aliphatic heterocycles. The second-order valence-electron chi connectivity index (χ2n) is 3.32. The zero-order valence-electron chi connectivity index (χ0n) is 8.57. The normalized spacial score (nSPS) is 28.9. The molecule has 0 N–H and O–H groups in total. The van der Waals surface area contributed by atoms with Crippen LogP contribution in [0.15, 0.2) is 0 Å². The van der Waals surface area contributed by atoms with E-state index in [1.165, 1.54) is 0 Å². The highest BCUT2D eigenvalue weighted by Crippen LogP contribution is 2.09. The Morgan fingerprint density at radius 2 is 2.36 bits per heavy atom. The van der Waals surface area contributed by atoms with E-state index in [0.29, 0.717) is 19.6 Å². The van der Waals surface area contributed by atoms with Crippen LogP contribution in [-0.4, -0.2) is 38.6 Å². The van der Waals surface area contributed by atoms with Gasteiger partial charge in [0, 0.05) is 13.2 Å². The lowest BCUT2D eigenvalue weighted by molar-refractivity contribution is -0.115. The number of nitriles is 1. The van der Waals surface area contributed by atoms with Crippen molar-refractivity contribution in [1.29, 1.82) is 5.26 Å². The van der Waals surface area contributed by atoms with Gasteiger partial charge in [0.25, 0.3) is 0 Å². The molecule has 0 saturated carbocycles. The first kappa shape index (κ1) is 11.4. The van der Waals surface area contributed by atoms with Crippen molar-refractivity contribution in [2.45, 2.75) is 32.0 Å². The smallest absolute Gasteiger partial charge is 0.107 e. The predicted octanol–water partition coefficient (Wildman–Crippen LogP) is 1.11. The fourth-order valence-electron chi connectivity index (χ4n) is 1.31. The average molecular weight is 199 g/mol. The van der Waals surface area contributed by atoms with E-state index in [0.717, 1.165) is 19.6 Å². The molecule has 0 radical (unpaired) electrons. The molecule has 1 heterocycles. The number of rotatable bonds is 3. The van der Waals surface area contributed by atoms with Crippen molar-refractivity contribution in [2.24, 2.45) is 0 Å². The molecule has 0 spiro atoms. The summed E-state index contributed by atoms with van der Waals surface area (Å²) in [5.74, 6) is 0. The fourth-order valence-corrected chi connectivity index (χ4v) is 1.31. The second kappa shape index (κ2) is 6.77. The van der Waals surface area contributed by atoms with E-state index < -0.39 is 0 Å². The summed E-state index contributed by atoms with van der Waals surface area (Å²) in [4.78, 5) is 0. The molecule has 4 nitrogen and oxygen atoms in total. The Bertz CT molecular complexity index is 190. The van der Waals surface area contributed by atoms with Gasteiger partial charge in [0.1, 0.15) is 6.10 Å². The van der Waals surface area contributed by atoms with E-state index in [4.69, 9.17) is 19.5 Å². The molecule has 1 fully saturated rings. The van der Waals surface area contributed by atoms with Gasteiger partial charge in [-0.1, -0.05) is 0 Å². The highest BCUT2D eigenvalue weighted by molar-refractivity contribution is 4.71. The fraction of sp³-hybridized carbons (Fsp3) is 0.900. The Hall–Kier alpha value is -0.630. The maximum absolute atomic E-state index is 8.37. The van der Waals surface area contributed by atoms with Crippen LogP contribution in [0.3, 0.4) is 0 Å². The number of hydrogen-bond donors (Lipinski definition) is 0. The van der Waals surface area contributed by atoms with Gasteiger partial charge < -0.3 is 14.2 Å². The molecule has 2 unspecified atom stereocenters. The molecule has 14 heavy (non-hydrogen) atoms. The van der Waals surface area contributed by atoms with E-state index in [2.05, 4.69) is 0 Å². The maximum Gasteiger partial charge on any atom is 0.107 e. The number of hydrogen-bond acceptors (Lipinski definition) is 4. The summed E-state index contributed by atoms with van der Waals surface area (Å²) in [7, 11) is 0. The summed E-state index contributed by atoms with van der Waals surface area (Å²) in [6.07, 6.45) is 1.37. The highest BCUT2D eigenvalue weighted by atomic mass is 16.6. The lowest BCUT2D eigenvalue weighted by Crippen LogP contribution is -2.36. The molecule has 0 aromatic rings. The van der Waals surface area contributed by atoms with Gasteiger partial charge in [-0.3, -0.25) is 0 Å². The Kier molecular flexibility index (Phi) is 5.53. The van der Waals surface area contributed by atoms with Crippen LogP contribution in [0.2, 0.25) is 0 Å². The molecule has 0 amide bonds. The lowest BCUT2D eigenvalue weighted by Gasteiger charge is -2.26. The minimum atomic E-state index is -0.0383. The van der Waals surface area contributed by atoms with Crippen molar-refractivity contribution in [3.63, 3.8) is 0 Å². The molecule has 1 saturated heterocycles. The standard InChI is InChI=1S/C10H17NO3/c1-9-10(14-6-2-4-11)8-12-5-3-7-13-9/h9-10H,2-3,5-8H2,1H3. The number of ether oxygens (including phenoxy) is 3. The third-order valence-electron chi connectivity index (χ3n) is 2.17. The van der Waals surface area contributed by atoms with Crippen LogP contribution in [0, 0.1) is 11.3 Å². The minimum Gasteiger partial charge on any atom is -0.379 e. The van der Waals surface area contributed by atoms with Gasteiger partial charge in [-0.25, -0.2) is 0 Å². The van der Waals surface area contributed by atoms with Gasteiger partial charge in [0.05, 0.1) is 31.8 Å². The summed E-state index contributed by atoms with van der Waals surface area (Å²) in [6.45, 7) is 4.45. The van der Waals surface area contributed by atoms with Crippen molar-refractivity contribution >= 4 is 0 Å². The molecule has 80 valence electrons. The zero-order chi connectivity index (χ0) is 10.2. The Labute approximate surface area is 84.8 Å². The van der Waals surface area contributed by atoms with E-state index in [9.17, 15) is 0 Å². The van der Waals surface area contributed by atoms with Crippen LogP contribution >= 0.6 is 0 Å². The first-order valence-electron chi connectivity index (χ1n) is 5.02. The zero-order valence-corrected chi connectivity index (χ0v) is 8.57. The Balaban J connectivity index is 2.27. The largest absolute Gasteiger partial charge is 0.379 e. The van der Waals surface area contributed by atoms with Crippen molar-refractivity contribution in [2.75, 3.05) is 26.4 Å². The Morgan fingerprint density at radius 3 is 3.14 bits per heavy atom. The summed E-state index contributed by atoms with van der Waals surface area (Å²) in [6, 6.07) is 2.04. The van der Waals surface area contributed by atoms with Crippen LogP contribution in [0.25, 0.3) is 0 Å². The Morgan fingerprint density at radius 1 is 1.50 bits per heavy atom. The van der Waals surface area contributed by atoms with E-state index in [-0.39, 0.29) is 12.2 Å². The summed E-state index contributed by atoms with van der Waals surface area (Å²) in [5.41, 5.74) is 0. The second-order valence-corrected chi connectivity index (χ2v) is 3.32. The van der Waals surface area contributed by atoms with Crippen molar-refractivity contribution in [3.05, 3.63) is 0 Å². The predicted molar refractivity (Wildman–Crippen MR) is 50.8 cm³/mol. The topological polar surface area (TPSA) is 51.5 Å². The molecule has 2 atom stereocenters. The summed E-state index contributed by atoms with van der Waals surface area (Å²) >= 11 is 0. The maximum atomic E-state index is 8.37. The van der Waals surface area contributed by atoms with Gasteiger partial charge in [0.15, 0.2) is 0 Å². The SMILES string of the molecule is CC1OCCCOCC1OCCC#N. The van der Waals surface area contributed by atoms with E-state index >= 15 is 0 Å². The lowest BCUT2D eigenvalue weighted by atomic mass is 10.2. The molecule has 1 rings (SSSR count). The van der Waals surface area contributed by atoms with Gasteiger partial charge in [-0.05, 0) is 13.3 Å². The van der Waals surface area contributed by atoms with Gasteiger partial charge in [-0.2, -0.15) is 5.26 Å². The minimum absolute atomic E-state index is 0.0383. The molecular weight excluding hydrogens is 182 g/mol. The van der Waals surface area contributed by atoms with Crippen LogP contribution in [-0.2, 0) is 14.2 Å². The van der Waals surface area contributed by atoms with Crippen molar-refractivity contribution < 1.29 is 14.2 Å². The first-order chi connectivity index (χ1) is 6.84. The van der Waals surface area contributed by atoms with Crippen LogP contribution in [0.5, 0.6) is 0 Å². The molecule has 0 bridgehead atoms. The highest BCUT2D eigenvalue weighted by Gasteiger charge is 2.20. The third kappa shape index (κ3) is 4.05. The van der Waals surface area contributed by atoms with Gasteiger partial charge in [-0.15, -0.1) is 0 Å². The van der Waals surface area contributed by atoms with Crippen LogP contribution < -0.4 is 0 Å². The molecular formula is C10H17NO3. The van der Waals surface area contributed by atoms with Crippen LogP contribution in [0.4, 0.5) is 0 Å². The van der Waals surface area contributed by atoms with Crippen molar-refractivity contribution in [1.82, 2.24) is 0 Å². The number of nitrogens with zero attached hydrogens (tertiary/aromatic N) is 1. The summed E-state index contributed by atoms with van der Waals surface area (Å²) in [5, 5.41) is 8.37. The molecule has 0 aromatic carbocycles. The third-order valence-corrected chi connectivity index (χ3v) is 2.17. The van der Waals surface area contributed by atoms with Gasteiger partial charge in [0.2, 0.25) is 0 Å². The van der Waals surface area contributed by atoms with Crippen molar-refractivity contribution in [3.8, 4) is 6.07 Å². The molecule has 1 aliphatic rings. The molecule has 0 aliphatic carbocycles. The van der Waals surface area contributed by atoms with E-state index in [1.807, 2.05) is 13.0 Å². The monoisotopic (exact) mass is 199 g/mol. The molecule has 0 aromatic heterocycles. The summed E-state index contributed by atoms with van der Waals surface area (Å²) < 4.78 is 16.4. The quantitative estimate of drug-likeness (QED) is 0.639. The first-order valence-corrected chi connectivity index (χ1v) is 5.02.